The number of aryl methyl sites for hydroxylation is 2. The van der Waals surface area contributed by atoms with Gasteiger partial charge in [0.2, 0.25) is 0 Å². The molecular formula is C17H24N4O. The molecule has 3 rings (SSSR count). The molecule has 3 N–H and O–H groups in total. The van der Waals surface area contributed by atoms with E-state index in [2.05, 4.69) is 41.3 Å². The third-order valence-electron chi connectivity index (χ3n) is 4.45. The molecule has 1 heterocycles. The molecule has 22 heavy (non-hydrogen) atoms. The average Bonchev–Trinajstić information content (AvgIpc) is 2.82. The summed E-state index contributed by atoms with van der Waals surface area (Å²) in [6.07, 6.45) is 2.04. The third-order valence-corrected chi connectivity index (χ3v) is 4.45. The molecule has 1 fully saturated rings. The number of nitrogens with zero attached hydrogens (tertiary/aromatic N) is 3. The van der Waals surface area contributed by atoms with Gasteiger partial charge in [-0.05, 0) is 38.7 Å². The number of aliphatic hydroxyl groups excluding tert-OH is 1. The first kappa shape index (κ1) is 15.2. The van der Waals surface area contributed by atoms with E-state index < -0.39 is 0 Å². The van der Waals surface area contributed by atoms with E-state index in [0.717, 1.165) is 37.5 Å². The van der Waals surface area contributed by atoms with Crippen LogP contribution in [0.15, 0.2) is 24.3 Å². The van der Waals surface area contributed by atoms with Crippen LogP contribution >= 0.6 is 0 Å². The molecule has 1 saturated carbocycles. The Morgan fingerprint density at radius 2 is 2.14 bits per heavy atom. The topological polar surface area (TPSA) is 77.0 Å². The van der Waals surface area contributed by atoms with Crippen LogP contribution in [0, 0.1) is 13.8 Å². The summed E-state index contributed by atoms with van der Waals surface area (Å²) >= 11 is 0. The zero-order valence-electron chi connectivity index (χ0n) is 13.2. The van der Waals surface area contributed by atoms with Crippen molar-refractivity contribution in [3.63, 3.8) is 0 Å². The van der Waals surface area contributed by atoms with Gasteiger partial charge in [-0.2, -0.15) is 5.10 Å². The molecule has 1 aliphatic rings. The molecule has 0 unspecified atom stereocenters. The molecule has 1 aromatic carbocycles. The Kier molecular flexibility index (Phi) is 4.27. The first-order chi connectivity index (χ1) is 10.5. The summed E-state index contributed by atoms with van der Waals surface area (Å²) in [4.78, 5) is 4.63. The second-order valence-corrected chi connectivity index (χ2v) is 6.41. The zero-order valence-corrected chi connectivity index (χ0v) is 13.2. The maximum absolute atomic E-state index is 9.81. The fourth-order valence-corrected chi connectivity index (χ4v) is 3.30. The van der Waals surface area contributed by atoms with Crippen LogP contribution in [0.25, 0.3) is 0 Å². The lowest BCUT2D eigenvalue weighted by molar-refractivity contribution is 0.0985. The molecule has 5 heteroatoms. The predicted molar refractivity (Wildman–Crippen MR) is 85.6 cm³/mol. The molecule has 118 valence electrons. The van der Waals surface area contributed by atoms with Gasteiger partial charge in [0.15, 0.2) is 0 Å². The Hall–Kier alpha value is -1.72. The predicted octanol–water partition coefficient (Wildman–Crippen LogP) is 1.90. The molecular weight excluding hydrogens is 276 g/mol. The van der Waals surface area contributed by atoms with E-state index in [9.17, 15) is 5.11 Å². The van der Waals surface area contributed by atoms with Gasteiger partial charge in [0.25, 0.3) is 0 Å². The zero-order chi connectivity index (χ0) is 15.7. The van der Waals surface area contributed by atoms with Gasteiger partial charge in [-0.1, -0.05) is 29.8 Å². The maximum Gasteiger partial charge on any atom is 0.147 e. The van der Waals surface area contributed by atoms with Gasteiger partial charge in [-0.3, -0.25) is 0 Å². The number of rotatable bonds is 3. The van der Waals surface area contributed by atoms with Crippen LogP contribution in [-0.4, -0.2) is 32.0 Å². The van der Waals surface area contributed by atoms with Gasteiger partial charge < -0.3 is 10.8 Å². The van der Waals surface area contributed by atoms with Crippen LogP contribution < -0.4 is 5.73 Å². The second-order valence-electron chi connectivity index (χ2n) is 6.41. The SMILES string of the molecule is Cc1cccc(Cn2nc(C)nc2[C@H]2CC[C@@H](O)[C@H](N)C2)c1. The second kappa shape index (κ2) is 6.18. The van der Waals surface area contributed by atoms with Crippen LogP contribution in [0.4, 0.5) is 0 Å². The quantitative estimate of drug-likeness (QED) is 0.907. The third kappa shape index (κ3) is 3.20. The van der Waals surface area contributed by atoms with Crippen LogP contribution in [0.1, 0.15) is 48.0 Å². The Balaban J connectivity index is 1.84. The normalized spacial score (nSPS) is 25.4. The van der Waals surface area contributed by atoms with Crippen LogP contribution in [0.5, 0.6) is 0 Å². The molecule has 0 bridgehead atoms. The van der Waals surface area contributed by atoms with Crippen LogP contribution in [-0.2, 0) is 6.54 Å². The highest BCUT2D eigenvalue weighted by Gasteiger charge is 2.30. The van der Waals surface area contributed by atoms with Crippen molar-refractivity contribution >= 4 is 0 Å². The summed E-state index contributed by atoms with van der Waals surface area (Å²) in [5, 5.41) is 14.4. The van der Waals surface area contributed by atoms with Crippen molar-refractivity contribution in [1.82, 2.24) is 14.8 Å². The highest BCUT2D eigenvalue weighted by molar-refractivity contribution is 5.22. The first-order valence-corrected chi connectivity index (χ1v) is 7.93. The van der Waals surface area contributed by atoms with Gasteiger partial charge in [0.1, 0.15) is 11.6 Å². The number of benzene rings is 1. The Morgan fingerprint density at radius 1 is 1.32 bits per heavy atom. The highest BCUT2D eigenvalue weighted by atomic mass is 16.3. The van der Waals surface area contributed by atoms with Gasteiger partial charge in [0.05, 0.1) is 12.6 Å². The molecule has 1 aromatic heterocycles. The number of hydrogen-bond acceptors (Lipinski definition) is 4. The van der Waals surface area contributed by atoms with Crippen molar-refractivity contribution in [2.75, 3.05) is 0 Å². The van der Waals surface area contributed by atoms with Crippen LogP contribution in [0.3, 0.4) is 0 Å². The molecule has 0 saturated heterocycles. The summed E-state index contributed by atoms with van der Waals surface area (Å²) < 4.78 is 2.00. The molecule has 0 spiro atoms. The summed E-state index contributed by atoms with van der Waals surface area (Å²) in [5.41, 5.74) is 8.50. The lowest BCUT2D eigenvalue weighted by atomic mass is 9.83. The van der Waals surface area contributed by atoms with E-state index in [1.807, 2.05) is 11.6 Å². The van der Waals surface area contributed by atoms with E-state index in [4.69, 9.17) is 5.73 Å². The smallest absolute Gasteiger partial charge is 0.147 e. The minimum Gasteiger partial charge on any atom is -0.392 e. The number of hydrogen-bond donors (Lipinski definition) is 2. The van der Waals surface area contributed by atoms with E-state index >= 15 is 0 Å². The van der Waals surface area contributed by atoms with Gasteiger partial charge in [0, 0.05) is 12.0 Å². The van der Waals surface area contributed by atoms with Gasteiger partial charge in [-0.25, -0.2) is 9.67 Å². The molecule has 1 aliphatic carbocycles. The Bertz CT molecular complexity index is 652. The lowest BCUT2D eigenvalue weighted by Crippen LogP contribution is -2.40. The minimum atomic E-state index is -0.384. The standard InChI is InChI=1S/C17H24N4O/c1-11-4-3-5-13(8-11)10-21-17(19-12(2)20-21)14-6-7-16(22)15(18)9-14/h3-5,8,14-16,22H,6-7,9-10,18H2,1-2H3/t14-,15+,16+/m0/s1. The average molecular weight is 300 g/mol. The molecule has 0 aliphatic heterocycles. The minimum absolute atomic E-state index is 0.164. The molecule has 3 atom stereocenters. The van der Waals surface area contributed by atoms with Crippen molar-refractivity contribution in [3.05, 3.63) is 47.0 Å². The fraction of sp³-hybridized carbons (Fsp3) is 0.529. The summed E-state index contributed by atoms with van der Waals surface area (Å²) in [5.74, 6) is 2.08. The van der Waals surface area contributed by atoms with E-state index in [-0.39, 0.29) is 18.1 Å². The van der Waals surface area contributed by atoms with E-state index in [1.165, 1.54) is 11.1 Å². The van der Waals surface area contributed by atoms with Crippen molar-refractivity contribution in [2.24, 2.45) is 5.73 Å². The Morgan fingerprint density at radius 3 is 2.86 bits per heavy atom. The maximum atomic E-state index is 9.81. The van der Waals surface area contributed by atoms with Crippen molar-refractivity contribution in [3.8, 4) is 0 Å². The number of aromatic nitrogens is 3. The molecule has 0 radical (unpaired) electrons. The fourth-order valence-electron chi connectivity index (χ4n) is 3.30. The van der Waals surface area contributed by atoms with Gasteiger partial charge >= 0.3 is 0 Å². The van der Waals surface area contributed by atoms with Crippen molar-refractivity contribution in [1.29, 1.82) is 0 Å². The number of nitrogens with two attached hydrogens (primary N) is 1. The highest BCUT2D eigenvalue weighted by Crippen LogP contribution is 2.31. The van der Waals surface area contributed by atoms with Gasteiger partial charge in [-0.15, -0.1) is 0 Å². The monoisotopic (exact) mass is 300 g/mol. The first-order valence-electron chi connectivity index (χ1n) is 7.93. The largest absolute Gasteiger partial charge is 0.392 e. The molecule has 2 aromatic rings. The summed E-state index contributed by atoms with van der Waals surface area (Å²) in [6, 6.07) is 8.30. The van der Waals surface area contributed by atoms with Crippen molar-refractivity contribution < 1.29 is 5.11 Å². The summed E-state index contributed by atoms with van der Waals surface area (Å²) in [6.45, 7) is 4.75. The number of aliphatic hydroxyl groups is 1. The lowest BCUT2D eigenvalue weighted by Gasteiger charge is -2.30. The Labute approximate surface area is 131 Å². The molecule has 0 amide bonds. The molecule has 5 nitrogen and oxygen atoms in total. The van der Waals surface area contributed by atoms with E-state index in [1.54, 1.807) is 0 Å². The van der Waals surface area contributed by atoms with E-state index in [0.29, 0.717) is 0 Å². The summed E-state index contributed by atoms with van der Waals surface area (Å²) in [7, 11) is 0. The van der Waals surface area contributed by atoms with Crippen LogP contribution in [0.2, 0.25) is 0 Å². The van der Waals surface area contributed by atoms with Crippen molar-refractivity contribution in [2.45, 2.75) is 57.7 Å².